The summed E-state index contributed by atoms with van der Waals surface area (Å²) in [4.78, 5) is 34.8. The molecule has 5 rings (SSSR count). The number of nitrogens with one attached hydrogen (secondary N) is 1. The van der Waals surface area contributed by atoms with Crippen molar-refractivity contribution in [2.75, 3.05) is 49.1 Å². The lowest BCUT2D eigenvalue weighted by molar-refractivity contribution is -0.125. The lowest BCUT2D eigenvalue weighted by atomic mass is 9.97. The molecule has 2 aliphatic rings. The Hall–Kier alpha value is -3.75. The summed E-state index contributed by atoms with van der Waals surface area (Å²) in [5.74, 6) is 2.28. The number of benzene rings is 1. The molecule has 9 nitrogen and oxygen atoms in total. The average molecular weight is 488 g/mol. The van der Waals surface area contributed by atoms with Crippen molar-refractivity contribution in [2.45, 2.75) is 32.1 Å². The van der Waals surface area contributed by atoms with Crippen LogP contribution in [-0.2, 0) is 4.79 Å². The van der Waals surface area contributed by atoms with Crippen LogP contribution in [0.1, 0.15) is 32.1 Å². The van der Waals surface area contributed by atoms with E-state index < -0.39 is 0 Å². The maximum Gasteiger partial charge on any atom is 0.225 e. The second-order valence-electron chi connectivity index (χ2n) is 9.31. The standard InChI is InChI=1S/C27H33N7O2/c35-27(28-11-15-36-26-17-25(31-20-32-26)33-12-5-2-6-13-33)22-10-7-14-34(18-22)24-16-23(29-19-30-24)21-8-3-1-4-9-21/h1,3-4,8-9,16-17,19-20,22H,2,5-7,10-15,18H2,(H,28,35). The monoisotopic (exact) mass is 487 g/mol. The molecule has 1 atom stereocenters. The average Bonchev–Trinajstić information content (AvgIpc) is 2.96. The molecule has 1 aromatic carbocycles. The zero-order chi connectivity index (χ0) is 24.6. The van der Waals surface area contributed by atoms with Gasteiger partial charge in [0.15, 0.2) is 0 Å². The van der Waals surface area contributed by atoms with Gasteiger partial charge in [0, 0.05) is 43.9 Å². The number of carbonyl (C=O) groups excluding carboxylic acids is 1. The smallest absolute Gasteiger partial charge is 0.225 e. The van der Waals surface area contributed by atoms with E-state index in [-0.39, 0.29) is 11.8 Å². The first-order chi connectivity index (χ1) is 17.8. The van der Waals surface area contributed by atoms with Crippen LogP contribution in [0.25, 0.3) is 11.3 Å². The number of carbonyl (C=O) groups is 1. The summed E-state index contributed by atoms with van der Waals surface area (Å²) in [6, 6.07) is 14.0. The van der Waals surface area contributed by atoms with Crippen LogP contribution in [0, 0.1) is 5.92 Å². The number of rotatable bonds is 8. The molecule has 0 aliphatic carbocycles. The van der Waals surface area contributed by atoms with E-state index in [1.165, 1.54) is 19.3 Å². The van der Waals surface area contributed by atoms with Crippen LogP contribution in [-0.4, -0.2) is 65.2 Å². The van der Waals surface area contributed by atoms with Crippen LogP contribution in [0.2, 0.25) is 0 Å². The third-order valence-electron chi connectivity index (χ3n) is 6.80. The van der Waals surface area contributed by atoms with Crippen molar-refractivity contribution >= 4 is 17.5 Å². The Labute approximate surface area is 212 Å². The topological polar surface area (TPSA) is 96.4 Å². The predicted octanol–water partition coefficient (Wildman–Crippen LogP) is 3.34. The van der Waals surface area contributed by atoms with Gasteiger partial charge in [0.2, 0.25) is 11.8 Å². The van der Waals surface area contributed by atoms with E-state index in [0.29, 0.717) is 25.6 Å². The summed E-state index contributed by atoms with van der Waals surface area (Å²) < 4.78 is 5.80. The molecule has 1 amide bonds. The summed E-state index contributed by atoms with van der Waals surface area (Å²) in [5, 5.41) is 3.03. The molecule has 0 spiro atoms. The van der Waals surface area contributed by atoms with E-state index >= 15 is 0 Å². The largest absolute Gasteiger partial charge is 0.476 e. The second kappa shape index (κ2) is 11.8. The van der Waals surface area contributed by atoms with Crippen molar-refractivity contribution in [1.29, 1.82) is 0 Å². The van der Waals surface area contributed by atoms with Crippen molar-refractivity contribution < 1.29 is 9.53 Å². The van der Waals surface area contributed by atoms with Crippen LogP contribution in [0.4, 0.5) is 11.6 Å². The van der Waals surface area contributed by atoms with Crippen LogP contribution < -0.4 is 19.9 Å². The Balaban J connectivity index is 1.10. The minimum atomic E-state index is -0.0846. The normalized spacial score (nSPS) is 18.1. The van der Waals surface area contributed by atoms with E-state index in [1.54, 1.807) is 12.7 Å². The molecule has 1 unspecified atom stereocenters. The molecule has 188 valence electrons. The predicted molar refractivity (Wildman–Crippen MR) is 139 cm³/mol. The van der Waals surface area contributed by atoms with Crippen molar-refractivity contribution in [3.8, 4) is 17.1 Å². The van der Waals surface area contributed by atoms with Crippen LogP contribution in [0.3, 0.4) is 0 Å². The molecule has 2 fully saturated rings. The summed E-state index contributed by atoms with van der Waals surface area (Å²) in [5.41, 5.74) is 1.94. The molecule has 36 heavy (non-hydrogen) atoms. The quantitative estimate of drug-likeness (QED) is 0.484. The first-order valence-electron chi connectivity index (χ1n) is 12.9. The van der Waals surface area contributed by atoms with Gasteiger partial charge in [0.1, 0.15) is 30.9 Å². The van der Waals surface area contributed by atoms with Gasteiger partial charge in [-0.1, -0.05) is 30.3 Å². The highest BCUT2D eigenvalue weighted by Crippen LogP contribution is 2.25. The third kappa shape index (κ3) is 6.08. The van der Waals surface area contributed by atoms with Crippen molar-refractivity contribution in [1.82, 2.24) is 25.3 Å². The fourth-order valence-corrected chi connectivity index (χ4v) is 4.86. The van der Waals surface area contributed by atoms with Gasteiger partial charge in [-0.15, -0.1) is 0 Å². The van der Waals surface area contributed by atoms with E-state index in [9.17, 15) is 4.79 Å². The highest BCUT2D eigenvalue weighted by atomic mass is 16.5. The maximum atomic E-state index is 12.9. The highest BCUT2D eigenvalue weighted by Gasteiger charge is 2.26. The molecule has 2 aliphatic heterocycles. The third-order valence-corrected chi connectivity index (χ3v) is 6.80. The van der Waals surface area contributed by atoms with Crippen molar-refractivity contribution in [3.63, 3.8) is 0 Å². The summed E-state index contributed by atoms with van der Waals surface area (Å²) in [7, 11) is 0. The molecule has 3 aromatic rings. The van der Waals surface area contributed by atoms with Crippen molar-refractivity contribution in [2.24, 2.45) is 5.92 Å². The van der Waals surface area contributed by atoms with Gasteiger partial charge >= 0.3 is 0 Å². The van der Waals surface area contributed by atoms with Crippen LogP contribution >= 0.6 is 0 Å². The molecular formula is C27H33N7O2. The number of hydrogen-bond acceptors (Lipinski definition) is 8. The number of anilines is 2. The van der Waals surface area contributed by atoms with E-state index in [1.807, 2.05) is 42.5 Å². The van der Waals surface area contributed by atoms with E-state index in [2.05, 4.69) is 35.1 Å². The molecule has 2 aromatic heterocycles. The highest BCUT2D eigenvalue weighted by molar-refractivity contribution is 5.79. The molecule has 9 heteroatoms. The summed E-state index contributed by atoms with van der Waals surface area (Å²) >= 11 is 0. The molecular weight excluding hydrogens is 454 g/mol. The number of aromatic nitrogens is 4. The Kier molecular flexibility index (Phi) is 7.85. The summed E-state index contributed by atoms with van der Waals surface area (Å²) in [6.45, 7) is 4.37. The van der Waals surface area contributed by atoms with Crippen LogP contribution in [0.15, 0.2) is 55.1 Å². The zero-order valence-corrected chi connectivity index (χ0v) is 20.6. The van der Waals surface area contributed by atoms with Gasteiger partial charge < -0.3 is 19.9 Å². The first kappa shape index (κ1) is 24.0. The molecule has 0 bridgehead atoms. The van der Waals surface area contributed by atoms with Crippen molar-refractivity contribution in [3.05, 3.63) is 55.1 Å². The second-order valence-corrected chi connectivity index (χ2v) is 9.31. The molecule has 1 N–H and O–H groups in total. The van der Waals surface area contributed by atoms with E-state index in [4.69, 9.17) is 4.74 Å². The lowest BCUT2D eigenvalue weighted by Gasteiger charge is -2.33. The van der Waals surface area contributed by atoms with Crippen LogP contribution in [0.5, 0.6) is 5.88 Å². The van der Waals surface area contributed by atoms with Gasteiger partial charge in [-0.2, -0.15) is 0 Å². The Morgan fingerprint density at radius 1 is 0.889 bits per heavy atom. The fourth-order valence-electron chi connectivity index (χ4n) is 4.86. The molecule has 2 saturated heterocycles. The minimum Gasteiger partial charge on any atom is -0.476 e. The number of nitrogens with zero attached hydrogens (tertiary/aromatic N) is 6. The Morgan fingerprint density at radius 2 is 1.64 bits per heavy atom. The summed E-state index contributed by atoms with van der Waals surface area (Å²) in [6.07, 6.45) is 8.61. The number of amides is 1. The SMILES string of the molecule is O=C(NCCOc1cc(N2CCCCC2)ncn1)C1CCCN(c2cc(-c3ccccc3)ncn2)C1. The molecule has 0 saturated carbocycles. The van der Waals surface area contributed by atoms with E-state index in [0.717, 1.165) is 55.4 Å². The van der Waals surface area contributed by atoms with Gasteiger partial charge in [-0.05, 0) is 32.1 Å². The minimum absolute atomic E-state index is 0.0531. The number of ether oxygens (including phenoxy) is 1. The number of piperidine rings is 2. The zero-order valence-electron chi connectivity index (χ0n) is 20.6. The molecule has 0 radical (unpaired) electrons. The molecule has 4 heterocycles. The Bertz CT molecular complexity index is 1140. The van der Waals surface area contributed by atoms with Gasteiger partial charge in [0.25, 0.3) is 0 Å². The maximum absolute atomic E-state index is 12.9. The first-order valence-corrected chi connectivity index (χ1v) is 12.9. The van der Waals surface area contributed by atoms with Gasteiger partial charge in [0.05, 0.1) is 18.2 Å². The number of hydrogen-bond donors (Lipinski definition) is 1. The fraction of sp³-hybridized carbons (Fsp3) is 0.444. The van der Waals surface area contributed by atoms with Gasteiger partial charge in [-0.3, -0.25) is 4.79 Å². The lowest BCUT2D eigenvalue weighted by Crippen LogP contribution is -2.44. The van der Waals surface area contributed by atoms with Gasteiger partial charge in [-0.25, -0.2) is 19.9 Å². The Morgan fingerprint density at radius 3 is 2.47 bits per heavy atom.